The van der Waals surface area contributed by atoms with Crippen molar-refractivity contribution >= 4 is 39.2 Å². The van der Waals surface area contributed by atoms with Crippen LogP contribution in [0.3, 0.4) is 0 Å². The van der Waals surface area contributed by atoms with Gasteiger partial charge in [0.2, 0.25) is 10.0 Å². The predicted molar refractivity (Wildman–Crippen MR) is 99.8 cm³/mol. The summed E-state index contributed by atoms with van der Waals surface area (Å²) in [6.07, 6.45) is 0. The number of rotatable bonds is 6. The van der Waals surface area contributed by atoms with Crippen LogP contribution >= 0.6 is 23.2 Å². The van der Waals surface area contributed by atoms with E-state index in [1.54, 1.807) is 17.7 Å². The van der Waals surface area contributed by atoms with Crippen LogP contribution in [0.4, 0.5) is 0 Å². The van der Waals surface area contributed by atoms with Gasteiger partial charge < -0.3 is 19.9 Å². The third-order valence-corrected chi connectivity index (χ3v) is 6.61. The van der Waals surface area contributed by atoms with E-state index in [0.717, 1.165) is 5.69 Å². The number of aliphatic imine (C=N–C) groups is 1. The van der Waals surface area contributed by atoms with E-state index < -0.39 is 10.0 Å². The summed E-state index contributed by atoms with van der Waals surface area (Å²) >= 11 is 12.0. The molecular weight excluding hydrogens is 389 g/mol. The van der Waals surface area contributed by atoms with Crippen LogP contribution in [0.5, 0.6) is 0 Å². The molecule has 0 spiro atoms. The van der Waals surface area contributed by atoms with E-state index in [1.807, 2.05) is 7.05 Å². The Kier molecular flexibility index (Phi) is 7.38. The zero-order valence-corrected chi connectivity index (χ0v) is 16.6. The Morgan fingerprint density at radius 1 is 1.32 bits per heavy atom. The smallest absolute Gasteiger partial charge is 0.215 e. The molecule has 1 aliphatic rings. The van der Waals surface area contributed by atoms with Gasteiger partial charge in [-0.25, -0.2) is 8.42 Å². The van der Waals surface area contributed by atoms with Crippen LogP contribution in [0.25, 0.3) is 0 Å². The van der Waals surface area contributed by atoms with Crippen molar-refractivity contribution in [1.29, 1.82) is 0 Å². The number of aromatic nitrogens is 1. The molecular formula is C14H23Cl2N5O3S. The zero-order valence-electron chi connectivity index (χ0n) is 14.3. The molecule has 2 heterocycles. The van der Waals surface area contributed by atoms with Gasteiger partial charge in [0.15, 0.2) is 5.96 Å². The van der Waals surface area contributed by atoms with E-state index >= 15 is 0 Å². The van der Waals surface area contributed by atoms with Crippen LogP contribution in [0.1, 0.15) is 5.69 Å². The van der Waals surface area contributed by atoms with E-state index in [4.69, 9.17) is 27.9 Å². The van der Waals surface area contributed by atoms with Crippen LogP contribution in [-0.2, 0) is 28.4 Å². The summed E-state index contributed by atoms with van der Waals surface area (Å²) in [6, 6.07) is 1.77. The number of nitrogens with one attached hydrogen (secondary N) is 2. The highest BCUT2D eigenvalue weighted by Crippen LogP contribution is 2.24. The van der Waals surface area contributed by atoms with Crippen LogP contribution in [0.15, 0.2) is 11.1 Å². The van der Waals surface area contributed by atoms with Crippen molar-refractivity contribution in [2.45, 2.75) is 6.54 Å². The normalized spacial score (nSPS) is 16.9. The summed E-state index contributed by atoms with van der Waals surface area (Å²) in [7, 11) is 0.143. The van der Waals surface area contributed by atoms with Crippen LogP contribution in [0.2, 0.25) is 10.2 Å². The molecule has 25 heavy (non-hydrogen) atoms. The molecule has 11 heteroatoms. The van der Waals surface area contributed by atoms with Gasteiger partial charge >= 0.3 is 0 Å². The van der Waals surface area contributed by atoms with Crippen LogP contribution in [-0.4, -0.2) is 68.9 Å². The maximum Gasteiger partial charge on any atom is 0.215 e. The van der Waals surface area contributed by atoms with Crippen molar-refractivity contribution in [1.82, 2.24) is 19.5 Å². The predicted octanol–water partition coefficient (Wildman–Crippen LogP) is 0.659. The van der Waals surface area contributed by atoms with Crippen LogP contribution in [0, 0.1) is 0 Å². The number of morpholine rings is 1. The summed E-state index contributed by atoms with van der Waals surface area (Å²) in [4.78, 5) is 4.08. The molecule has 142 valence electrons. The number of hydrogen-bond acceptors (Lipinski definition) is 4. The summed E-state index contributed by atoms with van der Waals surface area (Å²) in [6.45, 7) is 2.41. The molecule has 2 rings (SSSR count). The Hall–Kier alpha value is -1.000. The van der Waals surface area contributed by atoms with Gasteiger partial charge in [-0.1, -0.05) is 23.2 Å². The van der Waals surface area contributed by atoms with Gasteiger partial charge in [-0.05, 0) is 6.07 Å². The standard InChI is InChI=1S/C14H23Cl2N5O3S/c1-17-14(19-10-11-9-12(15)13(16)20(11)2)18-3-8-25(22,23)21-4-6-24-7-5-21/h9H,3-8,10H2,1-2H3,(H2,17,18,19). The average Bonchev–Trinajstić information content (AvgIpc) is 2.85. The summed E-state index contributed by atoms with van der Waals surface area (Å²) in [5, 5.41) is 7.06. The first-order valence-corrected chi connectivity index (χ1v) is 10.2. The lowest BCUT2D eigenvalue weighted by atomic mass is 10.4. The summed E-state index contributed by atoms with van der Waals surface area (Å²) < 4.78 is 32.9. The van der Waals surface area contributed by atoms with Crippen molar-refractivity contribution < 1.29 is 13.2 Å². The minimum atomic E-state index is -3.29. The first-order chi connectivity index (χ1) is 11.8. The molecule has 0 aliphatic carbocycles. The molecule has 0 radical (unpaired) electrons. The number of guanidine groups is 1. The summed E-state index contributed by atoms with van der Waals surface area (Å²) in [5.74, 6) is 0.501. The lowest BCUT2D eigenvalue weighted by Crippen LogP contribution is -2.45. The Labute approximate surface area is 158 Å². The van der Waals surface area contributed by atoms with E-state index in [0.29, 0.717) is 49.0 Å². The highest BCUT2D eigenvalue weighted by molar-refractivity contribution is 7.89. The van der Waals surface area contributed by atoms with Crippen LogP contribution < -0.4 is 10.6 Å². The molecule has 1 aromatic heterocycles. The van der Waals surface area contributed by atoms with Gasteiger partial charge in [-0.3, -0.25) is 4.99 Å². The molecule has 1 saturated heterocycles. The largest absolute Gasteiger partial charge is 0.379 e. The molecule has 8 nitrogen and oxygen atoms in total. The second-order valence-corrected chi connectivity index (χ2v) is 8.37. The van der Waals surface area contributed by atoms with E-state index in [-0.39, 0.29) is 12.3 Å². The molecule has 0 atom stereocenters. The van der Waals surface area contributed by atoms with Gasteiger partial charge in [0.25, 0.3) is 0 Å². The maximum absolute atomic E-state index is 12.3. The van der Waals surface area contributed by atoms with Crippen molar-refractivity contribution in [3.63, 3.8) is 0 Å². The number of nitrogens with zero attached hydrogens (tertiary/aromatic N) is 3. The van der Waals surface area contributed by atoms with Gasteiger partial charge in [0, 0.05) is 39.4 Å². The third-order valence-electron chi connectivity index (χ3n) is 3.89. The van der Waals surface area contributed by atoms with Gasteiger partial charge in [-0.15, -0.1) is 0 Å². The molecule has 1 fully saturated rings. The molecule has 1 aliphatic heterocycles. The van der Waals surface area contributed by atoms with Crippen molar-refractivity contribution in [3.8, 4) is 0 Å². The number of halogens is 2. The Bertz CT molecular complexity index is 714. The van der Waals surface area contributed by atoms with Crippen molar-refractivity contribution in [2.24, 2.45) is 12.0 Å². The van der Waals surface area contributed by atoms with Gasteiger partial charge in [-0.2, -0.15) is 4.31 Å². The average molecular weight is 412 g/mol. The Balaban J connectivity index is 1.81. The Morgan fingerprint density at radius 2 is 2.00 bits per heavy atom. The fourth-order valence-electron chi connectivity index (χ4n) is 2.41. The van der Waals surface area contributed by atoms with Gasteiger partial charge in [0.05, 0.1) is 30.5 Å². The van der Waals surface area contributed by atoms with Crippen molar-refractivity contribution in [2.75, 3.05) is 45.6 Å². The van der Waals surface area contributed by atoms with Crippen molar-refractivity contribution in [3.05, 3.63) is 21.9 Å². The molecule has 0 aromatic carbocycles. The molecule has 1 aromatic rings. The number of ether oxygens (including phenoxy) is 1. The lowest BCUT2D eigenvalue weighted by molar-refractivity contribution is 0.0730. The number of hydrogen-bond donors (Lipinski definition) is 2. The zero-order chi connectivity index (χ0) is 18.4. The highest BCUT2D eigenvalue weighted by Gasteiger charge is 2.23. The second kappa shape index (κ2) is 9.09. The molecule has 0 bridgehead atoms. The quantitative estimate of drug-likeness (QED) is 0.530. The fraction of sp³-hybridized carbons (Fsp3) is 0.643. The fourth-order valence-corrected chi connectivity index (χ4v) is 4.15. The molecule has 0 amide bonds. The minimum Gasteiger partial charge on any atom is -0.379 e. The highest BCUT2D eigenvalue weighted by atomic mass is 35.5. The van der Waals surface area contributed by atoms with E-state index in [9.17, 15) is 8.42 Å². The maximum atomic E-state index is 12.3. The molecule has 0 unspecified atom stereocenters. The first kappa shape index (κ1) is 20.3. The molecule has 2 N–H and O–H groups in total. The second-order valence-electron chi connectivity index (χ2n) is 5.51. The van der Waals surface area contributed by atoms with E-state index in [1.165, 1.54) is 4.31 Å². The lowest BCUT2D eigenvalue weighted by Gasteiger charge is -2.26. The summed E-state index contributed by atoms with van der Waals surface area (Å²) in [5.41, 5.74) is 0.888. The number of sulfonamides is 1. The third kappa shape index (κ3) is 5.49. The molecule has 0 saturated carbocycles. The topological polar surface area (TPSA) is 88.0 Å². The Morgan fingerprint density at radius 3 is 2.56 bits per heavy atom. The SMILES string of the molecule is CN=C(NCCS(=O)(=O)N1CCOCC1)NCc1cc(Cl)c(Cl)n1C. The van der Waals surface area contributed by atoms with E-state index in [2.05, 4.69) is 15.6 Å². The minimum absolute atomic E-state index is 0.00445. The first-order valence-electron chi connectivity index (χ1n) is 7.85. The monoisotopic (exact) mass is 411 g/mol. The van der Waals surface area contributed by atoms with Gasteiger partial charge in [0.1, 0.15) is 5.15 Å².